The molecular formula is C12H8ClN. The zero-order valence-corrected chi connectivity index (χ0v) is 8.47. The fourth-order valence-electron chi connectivity index (χ4n) is 1.47. The zero-order chi connectivity index (χ0) is 10.1. The number of rotatable bonds is 0. The van der Waals surface area contributed by atoms with E-state index in [1.54, 1.807) is 6.07 Å². The highest BCUT2D eigenvalue weighted by Crippen LogP contribution is 2.20. The van der Waals surface area contributed by atoms with Gasteiger partial charge in [0.1, 0.15) is 5.15 Å². The summed E-state index contributed by atoms with van der Waals surface area (Å²) in [6, 6.07) is 7.67. The van der Waals surface area contributed by atoms with Gasteiger partial charge in [-0.2, -0.15) is 0 Å². The van der Waals surface area contributed by atoms with Crippen LogP contribution in [0.25, 0.3) is 10.9 Å². The fourth-order valence-corrected chi connectivity index (χ4v) is 1.62. The number of halogens is 1. The normalized spacial score (nSPS) is 10.1. The summed E-state index contributed by atoms with van der Waals surface area (Å²) in [5.41, 5.74) is 2.72. The van der Waals surface area contributed by atoms with E-state index in [1.165, 1.54) is 0 Å². The number of pyridine rings is 1. The van der Waals surface area contributed by atoms with Gasteiger partial charge in [0, 0.05) is 5.39 Å². The van der Waals surface area contributed by atoms with Crippen LogP contribution in [0, 0.1) is 19.3 Å². The first-order valence-corrected chi connectivity index (χ1v) is 4.62. The van der Waals surface area contributed by atoms with E-state index < -0.39 is 0 Å². The van der Waals surface area contributed by atoms with E-state index in [-0.39, 0.29) is 0 Å². The third-order valence-electron chi connectivity index (χ3n) is 2.06. The molecule has 1 aromatic carbocycles. The van der Waals surface area contributed by atoms with E-state index in [1.807, 2.05) is 25.1 Å². The molecule has 68 valence electrons. The first kappa shape index (κ1) is 9.05. The van der Waals surface area contributed by atoms with Crippen molar-refractivity contribution in [3.05, 3.63) is 40.5 Å². The molecule has 0 aliphatic carbocycles. The molecule has 0 unspecified atom stereocenters. The van der Waals surface area contributed by atoms with E-state index in [0.717, 1.165) is 22.0 Å². The molecule has 0 radical (unpaired) electrons. The molecule has 0 aliphatic rings. The minimum atomic E-state index is 0.470. The molecule has 2 heteroatoms. The number of terminal acetylenes is 1. The third kappa shape index (κ3) is 1.45. The van der Waals surface area contributed by atoms with E-state index >= 15 is 0 Å². The largest absolute Gasteiger partial charge is 0.235 e. The molecule has 0 amide bonds. The Morgan fingerprint density at radius 3 is 2.86 bits per heavy atom. The summed E-state index contributed by atoms with van der Waals surface area (Å²) in [5.74, 6) is 2.62. The molecule has 0 atom stereocenters. The van der Waals surface area contributed by atoms with Crippen LogP contribution in [0.4, 0.5) is 0 Å². The highest BCUT2D eigenvalue weighted by atomic mass is 35.5. The quantitative estimate of drug-likeness (QED) is 0.471. The van der Waals surface area contributed by atoms with Gasteiger partial charge in [-0.15, -0.1) is 6.42 Å². The first-order chi connectivity index (χ1) is 6.70. The van der Waals surface area contributed by atoms with Crippen molar-refractivity contribution in [1.29, 1.82) is 0 Å². The van der Waals surface area contributed by atoms with E-state index in [9.17, 15) is 0 Å². The van der Waals surface area contributed by atoms with Crippen molar-refractivity contribution in [2.24, 2.45) is 0 Å². The van der Waals surface area contributed by atoms with E-state index in [4.69, 9.17) is 18.0 Å². The predicted octanol–water partition coefficient (Wildman–Crippen LogP) is 3.18. The van der Waals surface area contributed by atoms with Crippen molar-refractivity contribution in [3.8, 4) is 12.3 Å². The molecule has 0 saturated carbocycles. The summed E-state index contributed by atoms with van der Waals surface area (Å²) in [7, 11) is 0. The maximum Gasteiger partial charge on any atom is 0.129 e. The Hall–Kier alpha value is -1.52. The Kier molecular flexibility index (Phi) is 2.15. The van der Waals surface area contributed by atoms with E-state index in [2.05, 4.69) is 10.9 Å². The summed E-state index contributed by atoms with van der Waals surface area (Å²) in [4.78, 5) is 4.21. The molecule has 14 heavy (non-hydrogen) atoms. The van der Waals surface area contributed by atoms with Gasteiger partial charge in [-0.3, -0.25) is 0 Å². The van der Waals surface area contributed by atoms with Crippen molar-refractivity contribution in [2.45, 2.75) is 6.92 Å². The molecule has 1 heterocycles. The number of aromatic nitrogens is 1. The number of nitrogens with zero attached hydrogens (tertiary/aromatic N) is 1. The highest BCUT2D eigenvalue weighted by molar-refractivity contribution is 6.29. The Morgan fingerprint density at radius 2 is 2.14 bits per heavy atom. The van der Waals surface area contributed by atoms with Crippen LogP contribution in [0.15, 0.2) is 24.3 Å². The topological polar surface area (TPSA) is 12.9 Å². The van der Waals surface area contributed by atoms with Crippen molar-refractivity contribution in [3.63, 3.8) is 0 Å². The monoisotopic (exact) mass is 201 g/mol. The molecule has 0 spiro atoms. The van der Waals surface area contributed by atoms with Gasteiger partial charge in [0.2, 0.25) is 0 Å². The molecule has 0 aliphatic heterocycles. The van der Waals surface area contributed by atoms with Gasteiger partial charge in [-0.05, 0) is 36.8 Å². The minimum absolute atomic E-state index is 0.470. The number of fused-ring (bicyclic) bond motifs is 1. The molecule has 0 N–H and O–H groups in total. The lowest BCUT2D eigenvalue weighted by atomic mass is 10.1. The maximum absolute atomic E-state index is 5.81. The lowest BCUT2D eigenvalue weighted by Gasteiger charge is -2.02. The summed E-state index contributed by atoms with van der Waals surface area (Å²) in [6.07, 6.45) is 5.40. The third-order valence-corrected chi connectivity index (χ3v) is 2.27. The number of hydrogen-bond donors (Lipinski definition) is 0. The molecule has 1 nitrogen and oxygen atoms in total. The average molecular weight is 202 g/mol. The van der Waals surface area contributed by atoms with Gasteiger partial charge < -0.3 is 0 Å². The van der Waals surface area contributed by atoms with Gasteiger partial charge in [0.25, 0.3) is 0 Å². The van der Waals surface area contributed by atoms with Crippen LogP contribution in [0.2, 0.25) is 5.15 Å². The van der Waals surface area contributed by atoms with Crippen molar-refractivity contribution in [1.82, 2.24) is 4.98 Å². The number of aryl methyl sites for hydroxylation is 1. The molecular weight excluding hydrogens is 194 g/mol. The van der Waals surface area contributed by atoms with Gasteiger partial charge in [0.15, 0.2) is 0 Å². The molecule has 2 rings (SSSR count). The van der Waals surface area contributed by atoms with Gasteiger partial charge in [-0.25, -0.2) is 4.98 Å². The second kappa shape index (κ2) is 3.32. The summed E-state index contributed by atoms with van der Waals surface area (Å²) >= 11 is 5.81. The number of benzene rings is 1. The molecule has 1 aromatic heterocycles. The average Bonchev–Trinajstić information content (AvgIpc) is 2.17. The van der Waals surface area contributed by atoms with E-state index in [0.29, 0.717) is 5.15 Å². The second-order valence-electron chi connectivity index (χ2n) is 3.16. The van der Waals surface area contributed by atoms with Crippen LogP contribution in [-0.4, -0.2) is 4.98 Å². The standard InChI is InChI=1S/C12H8ClN/c1-3-9-6-8(2)7-10-4-5-11(13)14-12(9)10/h1,4-7H,2H3. The van der Waals surface area contributed by atoms with Crippen LogP contribution in [0.3, 0.4) is 0 Å². The first-order valence-electron chi connectivity index (χ1n) is 4.24. The maximum atomic E-state index is 5.81. The van der Waals surface area contributed by atoms with Gasteiger partial charge in [-0.1, -0.05) is 17.5 Å². The van der Waals surface area contributed by atoms with Crippen molar-refractivity contribution in [2.75, 3.05) is 0 Å². The molecule has 0 bridgehead atoms. The Morgan fingerprint density at radius 1 is 1.36 bits per heavy atom. The lowest BCUT2D eigenvalue weighted by Crippen LogP contribution is -1.86. The minimum Gasteiger partial charge on any atom is -0.235 e. The van der Waals surface area contributed by atoms with Gasteiger partial charge in [0.05, 0.1) is 11.1 Å². The predicted molar refractivity (Wildman–Crippen MR) is 59.4 cm³/mol. The summed E-state index contributed by atoms with van der Waals surface area (Å²) in [5, 5.41) is 1.50. The van der Waals surface area contributed by atoms with Crippen LogP contribution < -0.4 is 0 Å². The van der Waals surface area contributed by atoms with Crippen LogP contribution in [0.5, 0.6) is 0 Å². The molecule has 2 aromatic rings. The van der Waals surface area contributed by atoms with Crippen molar-refractivity contribution >= 4 is 22.5 Å². The Bertz CT molecular complexity index is 538. The SMILES string of the molecule is C#Cc1cc(C)cc2ccc(Cl)nc12. The highest BCUT2D eigenvalue weighted by Gasteiger charge is 2.02. The zero-order valence-electron chi connectivity index (χ0n) is 7.71. The fraction of sp³-hybridized carbons (Fsp3) is 0.0833. The number of hydrogen-bond acceptors (Lipinski definition) is 1. The van der Waals surface area contributed by atoms with Gasteiger partial charge >= 0.3 is 0 Å². The summed E-state index contributed by atoms with van der Waals surface area (Å²) < 4.78 is 0. The smallest absolute Gasteiger partial charge is 0.129 e. The Labute approximate surface area is 87.7 Å². The second-order valence-corrected chi connectivity index (χ2v) is 3.55. The van der Waals surface area contributed by atoms with Crippen LogP contribution >= 0.6 is 11.6 Å². The molecule has 0 fully saturated rings. The van der Waals surface area contributed by atoms with Crippen LogP contribution in [0.1, 0.15) is 11.1 Å². The Balaban J connectivity index is 2.90. The van der Waals surface area contributed by atoms with Crippen molar-refractivity contribution < 1.29 is 0 Å². The molecule has 0 saturated heterocycles. The van der Waals surface area contributed by atoms with Crippen LogP contribution in [-0.2, 0) is 0 Å². The summed E-state index contributed by atoms with van der Waals surface area (Å²) in [6.45, 7) is 2.01. The lowest BCUT2D eigenvalue weighted by molar-refractivity contribution is 1.38.